The van der Waals surface area contributed by atoms with Gasteiger partial charge in [0.1, 0.15) is 0 Å². The van der Waals surface area contributed by atoms with Crippen molar-refractivity contribution in [2.75, 3.05) is 0 Å². The van der Waals surface area contributed by atoms with Crippen molar-refractivity contribution in [3.8, 4) is 0 Å². The second kappa shape index (κ2) is 15.5. The zero-order valence-electron chi connectivity index (χ0n) is 34.9. The predicted molar refractivity (Wildman–Crippen MR) is 236 cm³/mol. The van der Waals surface area contributed by atoms with E-state index < -0.39 is 0 Å². The minimum absolute atomic E-state index is 0.512. The van der Waals surface area contributed by atoms with E-state index in [0.717, 1.165) is 35.8 Å². The van der Waals surface area contributed by atoms with Crippen molar-refractivity contribution in [1.29, 1.82) is 0 Å². The van der Waals surface area contributed by atoms with Gasteiger partial charge >= 0.3 is 0 Å². The van der Waals surface area contributed by atoms with E-state index in [2.05, 4.69) is 88.9 Å². The van der Waals surface area contributed by atoms with Crippen molar-refractivity contribution in [2.45, 2.75) is 197 Å². The molecule has 1 N–H and O–H groups in total. The van der Waals surface area contributed by atoms with Gasteiger partial charge in [-0.05, 0) is 147 Å². The number of nitrogens with one attached hydrogen (secondary N) is 1. The number of rotatable bonds is 6. The third kappa shape index (κ3) is 6.48. The summed E-state index contributed by atoms with van der Waals surface area (Å²) in [6.07, 6.45) is 40.8. The maximum atomic E-state index is 4.45. The molecule has 1 aliphatic heterocycles. The van der Waals surface area contributed by atoms with Gasteiger partial charge in [-0.3, -0.25) is 4.90 Å². The Balaban J connectivity index is 1.02. The summed E-state index contributed by atoms with van der Waals surface area (Å²) in [5, 5.41) is 6.01. The maximum absolute atomic E-state index is 4.45. The molecular formula is C52H71N3S. The van der Waals surface area contributed by atoms with Gasteiger partial charge in [-0.15, -0.1) is 11.3 Å². The van der Waals surface area contributed by atoms with E-state index in [-0.39, 0.29) is 0 Å². The van der Waals surface area contributed by atoms with Gasteiger partial charge < -0.3 is 10.2 Å². The zero-order valence-corrected chi connectivity index (χ0v) is 35.7. The van der Waals surface area contributed by atoms with Crippen molar-refractivity contribution in [3.05, 3.63) is 81.4 Å². The van der Waals surface area contributed by atoms with Gasteiger partial charge in [-0.2, -0.15) is 0 Å². The Morgan fingerprint density at radius 1 is 0.786 bits per heavy atom. The lowest BCUT2D eigenvalue weighted by atomic mass is 9.58. The van der Waals surface area contributed by atoms with E-state index in [4.69, 9.17) is 0 Å². The number of aryl methyl sites for hydroxylation is 1. The van der Waals surface area contributed by atoms with Gasteiger partial charge in [0.2, 0.25) is 0 Å². The van der Waals surface area contributed by atoms with Crippen LogP contribution in [0.3, 0.4) is 0 Å². The Kier molecular flexibility index (Phi) is 10.2. The first-order valence-electron chi connectivity index (χ1n) is 24.2. The van der Waals surface area contributed by atoms with Crippen LogP contribution >= 0.6 is 11.3 Å². The average Bonchev–Trinajstić information content (AvgIpc) is 3.77. The fraction of sp³-hybridized carbons (Fsp3) is 0.692. The molecule has 11 rings (SSSR count). The van der Waals surface area contributed by atoms with Crippen LogP contribution in [0.15, 0.2) is 71.0 Å². The molecule has 56 heavy (non-hydrogen) atoms. The second-order valence-corrected chi connectivity index (χ2v) is 21.9. The molecule has 2 aromatic rings. The molecule has 300 valence electrons. The van der Waals surface area contributed by atoms with Crippen molar-refractivity contribution >= 4 is 21.4 Å². The minimum Gasteiger partial charge on any atom is -0.368 e. The molecule has 8 aliphatic carbocycles. The van der Waals surface area contributed by atoms with Crippen LogP contribution in [0.4, 0.5) is 0 Å². The molecule has 1 aromatic carbocycles. The van der Waals surface area contributed by atoms with Gasteiger partial charge in [-0.1, -0.05) is 101 Å². The van der Waals surface area contributed by atoms with Crippen LogP contribution in [0.5, 0.6) is 0 Å². The number of fused-ring (bicyclic) bond motifs is 8. The highest BCUT2D eigenvalue weighted by molar-refractivity contribution is 7.19. The monoisotopic (exact) mass is 770 g/mol. The van der Waals surface area contributed by atoms with Gasteiger partial charge in [-0.25, -0.2) is 0 Å². The maximum Gasteiger partial charge on any atom is 0.0377 e. The number of thiophene rings is 1. The number of nitrogens with zero attached hydrogens (tertiary/aromatic N) is 2. The van der Waals surface area contributed by atoms with Crippen molar-refractivity contribution in [1.82, 2.24) is 15.1 Å². The summed E-state index contributed by atoms with van der Waals surface area (Å²) in [6.45, 7) is 5.05. The lowest BCUT2D eigenvalue weighted by Gasteiger charge is -2.57. The Labute approximate surface area is 343 Å². The Bertz CT molecular complexity index is 1890. The number of benzene rings is 1. The van der Waals surface area contributed by atoms with E-state index >= 15 is 0 Å². The molecular weight excluding hydrogens is 699 g/mol. The summed E-state index contributed by atoms with van der Waals surface area (Å²) in [4.78, 5) is 8.24. The van der Waals surface area contributed by atoms with Crippen LogP contribution < -0.4 is 5.32 Å². The van der Waals surface area contributed by atoms with Crippen molar-refractivity contribution in [2.24, 2.45) is 29.6 Å². The minimum atomic E-state index is 0.512. The molecule has 0 bridgehead atoms. The molecule has 0 saturated heterocycles. The van der Waals surface area contributed by atoms with Crippen LogP contribution in [0.2, 0.25) is 0 Å². The highest BCUT2D eigenvalue weighted by atomic mass is 32.1. The SMILES string of the molecule is CC1CCCC(NC2CC3=C(C4=C2CCC=C4)C2C4CCCCC4C(N(C4C=CCC(C)C4)C4CCCCC4)CC2N3C2CCc3sc4ccccc4c3C2)C1. The number of allylic oxidation sites excluding steroid dienone is 4. The lowest BCUT2D eigenvalue weighted by molar-refractivity contribution is -0.0582. The van der Waals surface area contributed by atoms with E-state index in [1.54, 1.807) is 27.0 Å². The third-order valence-corrected chi connectivity index (χ3v) is 18.6. The van der Waals surface area contributed by atoms with Gasteiger partial charge in [0.05, 0.1) is 0 Å². The van der Waals surface area contributed by atoms with Gasteiger partial charge in [0, 0.05) is 69.9 Å². The van der Waals surface area contributed by atoms with E-state index in [1.165, 1.54) is 146 Å². The fourth-order valence-electron chi connectivity index (χ4n) is 15.1. The second-order valence-electron chi connectivity index (χ2n) is 20.8. The van der Waals surface area contributed by atoms with E-state index in [0.29, 0.717) is 36.1 Å². The Morgan fingerprint density at radius 3 is 2.52 bits per heavy atom. The first kappa shape index (κ1) is 36.9. The summed E-state index contributed by atoms with van der Waals surface area (Å²) < 4.78 is 1.52. The Hall–Kier alpha value is -2.14. The molecule has 0 amide bonds. The molecule has 0 spiro atoms. The molecule has 3 nitrogen and oxygen atoms in total. The molecule has 11 unspecified atom stereocenters. The average molecular weight is 770 g/mol. The van der Waals surface area contributed by atoms with E-state index in [9.17, 15) is 0 Å². The highest BCUT2D eigenvalue weighted by Gasteiger charge is 2.58. The summed E-state index contributed by atoms with van der Waals surface area (Å²) in [7, 11) is 0. The first-order chi connectivity index (χ1) is 27.6. The molecule has 9 aliphatic rings. The first-order valence-corrected chi connectivity index (χ1v) is 25.0. The topological polar surface area (TPSA) is 18.5 Å². The number of hydrogen-bond acceptors (Lipinski definition) is 4. The van der Waals surface area contributed by atoms with Gasteiger partial charge in [0.15, 0.2) is 0 Å². The van der Waals surface area contributed by atoms with Crippen LogP contribution in [0.25, 0.3) is 10.1 Å². The van der Waals surface area contributed by atoms with Crippen LogP contribution in [0, 0.1) is 29.6 Å². The molecule has 0 radical (unpaired) electrons. The van der Waals surface area contributed by atoms with Crippen LogP contribution in [0.1, 0.15) is 153 Å². The van der Waals surface area contributed by atoms with E-state index in [1.807, 2.05) is 11.3 Å². The molecule has 4 saturated carbocycles. The van der Waals surface area contributed by atoms with Crippen LogP contribution in [-0.4, -0.2) is 52.1 Å². The van der Waals surface area contributed by atoms with Crippen molar-refractivity contribution < 1.29 is 0 Å². The summed E-state index contributed by atoms with van der Waals surface area (Å²) in [5.41, 5.74) is 8.94. The van der Waals surface area contributed by atoms with Gasteiger partial charge in [0.25, 0.3) is 0 Å². The largest absolute Gasteiger partial charge is 0.368 e. The number of hydrogen-bond donors (Lipinski definition) is 1. The summed E-state index contributed by atoms with van der Waals surface area (Å²) in [5.74, 6) is 4.05. The Morgan fingerprint density at radius 2 is 1.64 bits per heavy atom. The molecule has 2 heterocycles. The normalized spacial score (nSPS) is 38.8. The zero-order chi connectivity index (χ0) is 37.3. The third-order valence-electron chi connectivity index (χ3n) is 17.4. The molecule has 11 atom stereocenters. The fourth-order valence-corrected chi connectivity index (χ4v) is 16.4. The lowest BCUT2D eigenvalue weighted by Crippen LogP contribution is -2.61. The molecule has 4 heteroatoms. The van der Waals surface area contributed by atoms with Crippen molar-refractivity contribution in [3.63, 3.8) is 0 Å². The van der Waals surface area contributed by atoms with Crippen LogP contribution in [-0.2, 0) is 12.8 Å². The smallest absolute Gasteiger partial charge is 0.0377 e. The summed E-state index contributed by atoms with van der Waals surface area (Å²) >= 11 is 2.11. The quantitative estimate of drug-likeness (QED) is 0.295. The molecule has 4 fully saturated rings. The standard InChI is InChI=1S/C52H71N3S/c1-33-14-12-16-35(28-33)53-45-31-47-51(42-23-8-6-20-39(42)45)52-43-24-9-7-21-40(43)46(54(36-17-4-3-5-18-36)37-19-13-15-34(2)29-37)32-48(52)55(47)38-26-27-50-44(30-38)41-22-10-11-25-49(41)56-50/h8,10-11,13,19,22-23,25,33-38,40,43,45-46,48,52-53H,3-7,9,12,14-18,20-21,24,26-32H2,1-2H3. The molecule has 1 aromatic heterocycles. The summed E-state index contributed by atoms with van der Waals surface area (Å²) in [6, 6.07) is 14.0. The predicted octanol–water partition coefficient (Wildman–Crippen LogP) is 12.5. The highest BCUT2D eigenvalue weighted by Crippen LogP contribution is 2.60.